The summed E-state index contributed by atoms with van der Waals surface area (Å²) < 4.78 is 48.3. The first-order valence-electron chi connectivity index (χ1n) is 16.1. The molecule has 4 atom stereocenters. The molecule has 260 valence electrons. The second-order valence-corrected chi connectivity index (χ2v) is 18.9. The van der Waals surface area contributed by atoms with Crippen molar-refractivity contribution < 1.29 is 32.2 Å². The number of halogens is 2. The zero-order valence-corrected chi connectivity index (χ0v) is 29.9. The van der Waals surface area contributed by atoms with Crippen LogP contribution in [0.15, 0.2) is 48.5 Å². The Kier molecular flexibility index (Phi) is 11.2. The van der Waals surface area contributed by atoms with E-state index in [4.69, 9.17) is 23.2 Å². The largest absolute Gasteiger partial charge is 0.481 e. The number of aliphatic carboxylic acids is 1. The predicted octanol–water partition coefficient (Wildman–Crippen LogP) is 6.17. The number of hydrogen-bond donors (Lipinski definition) is 3. The van der Waals surface area contributed by atoms with Crippen LogP contribution in [0.5, 0.6) is 0 Å². The monoisotopic (exact) mass is 729 g/mol. The van der Waals surface area contributed by atoms with Crippen molar-refractivity contribution in [3.05, 3.63) is 69.7 Å². The van der Waals surface area contributed by atoms with E-state index in [2.05, 4.69) is 4.90 Å². The quantitative estimate of drug-likeness (QED) is 0.223. The minimum absolute atomic E-state index is 0.0700. The summed E-state index contributed by atoms with van der Waals surface area (Å²) in [6, 6.07) is 13.6. The van der Waals surface area contributed by atoms with Gasteiger partial charge in [0.1, 0.15) is 0 Å². The van der Waals surface area contributed by atoms with Crippen molar-refractivity contribution in [1.82, 2.24) is 14.1 Å². The van der Waals surface area contributed by atoms with Crippen molar-refractivity contribution in [2.75, 3.05) is 44.7 Å². The molecule has 10 nitrogen and oxygen atoms in total. The van der Waals surface area contributed by atoms with Gasteiger partial charge in [-0.3, -0.25) is 18.7 Å². The summed E-state index contributed by atoms with van der Waals surface area (Å²) in [5.74, 6) is -1.31. The number of amides is 1. The molecule has 0 aromatic heterocycles. The van der Waals surface area contributed by atoms with Crippen LogP contribution in [0.1, 0.15) is 68.5 Å². The van der Waals surface area contributed by atoms with E-state index in [9.17, 15) is 27.4 Å². The van der Waals surface area contributed by atoms with E-state index < -0.39 is 55.8 Å². The standard InChI is InChI=1S/C33H45Cl2N3O7S2/c1-3-27(22-36(2)47(44,45)28-11-12-28)38-31(23-7-9-25(34)10-8-23)29(24-5-4-6-26(35)19-24)20-33(32(38)41,21-30(39)40)13-14-37-15-17-46(42,43)18-16-37/h4-10,19,27-29,31,42-43H,3,11-18,20-22H2,1-2H3,(H,39,40)/t27-,29+,31+,33-/m0/s1. The van der Waals surface area contributed by atoms with Gasteiger partial charge in [-0.15, -0.1) is 0 Å². The average Bonchev–Trinajstić information content (AvgIpc) is 3.87. The molecule has 3 aliphatic rings. The summed E-state index contributed by atoms with van der Waals surface area (Å²) in [5.41, 5.74) is 0.345. The van der Waals surface area contributed by atoms with E-state index in [1.54, 1.807) is 30.1 Å². The molecule has 2 aromatic rings. The zero-order valence-electron chi connectivity index (χ0n) is 26.8. The minimum atomic E-state index is -3.55. The van der Waals surface area contributed by atoms with Gasteiger partial charge in [-0.25, -0.2) is 12.7 Å². The molecule has 3 fully saturated rings. The van der Waals surface area contributed by atoms with Crippen molar-refractivity contribution in [3.63, 3.8) is 0 Å². The van der Waals surface area contributed by atoms with Gasteiger partial charge in [-0.2, -0.15) is 10.6 Å². The third kappa shape index (κ3) is 8.29. The van der Waals surface area contributed by atoms with Crippen molar-refractivity contribution in [2.45, 2.75) is 68.7 Å². The Balaban J connectivity index is 1.62. The SMILES string of the molecule is CC[C@@H](CN(C)S(=O)(=O)C1CC1)N1C(=O)[C@](CCN2CCS(O)(O)CC2)(CC(=O)O)C[C@H](c2cccc(Cl)c2)[C@H]1c1ccc(Cl)cc1. The Bertz CT molecular complexity index is 1550. The van der Waals surface area contributed by atoms with Crippen LogP contribution >= 0.6 is 33.8 Å². The van der Waals surface area contributed by atoms with E-state index in [0.717, 1.165) is 11.1 Å². The lowest BCUT2D eigenvalue weighted by atomic mass is 9.64. The van der Waals surface area contributed by atoms with Crippen LogP contribution in [-0.4, -0.2) is 105 Å². The van der Waals surface area contributed by atoms with Gasteiger partial charge >= 0.3 is 5.97 Å². The van der Waals surface area contributed by atoms with E-state index in [0.29, 0.717) is 48.9 Å². The first-order valence-corrected chi connectivity index (χ1v) is 20.3. The van der Waals surface area contributed by atoms with E-state index in [-0.39, 0.29) is 42.7 Å². The molecular weight excluding hydrogens is 685 g/mol. The molecular formula is C33H45Cl2N3O7S2. The van der Waals surface area contributed by atoms with Crippen molar-refractivity contribution in [2.24, 2.45) is 5.41 Å². The molecule has 5 rings (SSSR count). The van der Waals surface area contributed by atoms with Gasteiger partial charge in [0.25, 0.3) is 0 Å². The number of likely N-dealkylation sites (N-methyl/N-ethyl adjacent to an activating group) is 1. The lowest BCUT2D eigenvalue weighted by Gasteiger charge is -2.53. The lowest BCUT2D eigenvalue weighted by Crippen LogP contribution is -2.59. The Morgan fingerprint density at radius 2 is 1.72 bits per heavy atom. The molecule has 2 aromatic carbocycles. The van der Waals surface area contributed by atoms with Crippen molar-refractivity contribution in [3.8, 4) is 0 Å². The van der Waals surface area contributed by atoms with Gasteiger partial charge in [0, 0.05) is 48.7 Å². The first kappa shape index (κ1) is 36.4. The molecule has 2 heterocycles. The summed E-state index contributed by atoms with van der Waals surface area (Å²) in [7, 11) is -4.62. The van der Waals surface area contributed by atoms with E-state index >= 15 is 4.79 Å². The number of sulfonamides is 1. The van der Waals surface area contributed by atoms with Crippen molar-refractivity contribution >= 4 is 55.7 Å². The number of nitrogens with zero attached hydrogens (tertiary/aromatic N) is 3. The third-order valence-corrected chi connectivity index (χ3v) is 14.5. The molecule has 2 saturated heterocycles. The van der Waals surface area contributed by atoms with Gasteiger partial charge < -0.3 is 14.9 Å². The highest BCUT2D eigenvalue weighted by molar-refractivity contribution is 8.24. The normalized spacial score (nSPS) is 26.7. The highest BCUT2D eigenvalue weighted by Crippen LogP contribution is 2.54. The predicted molar refractivity (Wildman–Crippen MR) is 187 cm³/mol. The maximum atomic E-state index is 15.2. The average molecular weight is 731 g/mol. The number of piperidine rings is 1. The third-order valence-electron chi connectivity index (χ3n) is 10.0. The van der Waals surface area contributed by atoms with Crippen molar-refractivity contribution in [1.29, 1.82) is 0 Å². The fraction of sp³-hybridized carbons (Fsp3) is 0.576. The second kappa shape index (κ2) is 14.5. The summed E-state index contributed by atoms with van der Waals surface area (Å²) in [4.78, 5) is 31.6. The first-order chi connectivity index (χ1) is 22.2. The Morgan fingerprint density at radius 1 is 1.06 bits per heavy atom. The number of rotatable bonds is 13. The molecule has 3 N–H and O–H groups in total. The number of hydrogen-bond acceptors (Lipinski definition) is 7. The lowest BCUT2D eigenvalue weighted by molar-refractivity contribution is -0.163. The van der Waals surface area contributed by atoms with Gasteiger partial charge in [-0.05, 0) is 74.0 Å². The highest BCUT2D eigenvalue weighted by atomic mass is 35.5. The molecule has 47 heavy (non-hydrogen) atoms. The summed E-state index contributed by atoms with van der Waals surface area (Å²) in [5, 5.41) is 10.9. The number of carbonyl (C=O) groups excluding carboxylic acids is 1. The fourth-order valence-corrected chi connectivity index (χ4v) is 10.5. The van der Waals surface area contributed by atoms with Crippen LogP contribution in [0.25, 0.3) is 0 Å². The Morgan fingerprint density at radius 3 is 2.30 bits per heavy atom. The molecule has 14 heteroatoms. The van der Waals surface area contributed by atoms with Gasteiger partial charge in [0.15, 0.2) is 0 Å². The smallest absolute Gasteiger partial charge is 0.304 e. The minimum Gasteiger partial charge on any atom is -0.481 e. The van der Waals surface area contributed by atoms with Crippen LogP contribution in [0.3, 0.4) is 0 Å². The maximum absolute atomic E-state index is 15.2. The maximum Gasteiger partial charge on any atom is 0.304 e. The number of carbonyl (C=O) groups is 2. The molecule has 2 aliphatic heterocycles. The number of carboxylic acids is 1. The molecule has 1 aliphatic carbocycles. The molecule has 0 spiro atoms. The number of likely N-dealkylation sites (tertiary alicyclic amines) is 1. The summed E-state index contributed by atoms with van der Waals surface area (Å²) in [6.45, 7) is 3.28. The van der Waals surface area contributed by atoms with Crippen LogP contribution in [0.4, 0.5) is 0 Å². The summed E-state index contributed by atoms with van der Waals surface area (Å²) >= 11 is 12.8. The topological polar surface area (TPSA) is 139 Å². The Labute approximate surface area is 289 Å². The second-order valence-electron chi connectivity index (χ2n) is 13.3. The zero-order chi connectivity index (χ0) is 34.1. The summed E-state index contributed by atoms with van der Waals surface area (Å²) in [6.07, 6.45) is 1.74. The van der Waals surface area contributed by atoms with Gasteiger partial charge in [-0.1, -0.05) is 54.4 Å². The van der Waals surface area contributed by atoms with E-state index in [1.807, 2.05) is 37.3 Å². The molecule has 1 saturated carbocycles. The highest BCUT2D eigenvalue weighted by Gasteiger charge is 2.55. The van der Waals surface area contributed by atoms with Crippen LogP contribution < -0.4 is 0 Å². The van der Waals surface area contributed by atoms with Gasteiger partial charge in [0.05, 0.1) is 34.6 Å². The fourth-order valence-electron chi connectivity index (χ4n) is 7.23. The molecule has 0 bridgehead atoms. The van der Waals surface area contributed by atoms with E-state index in [1.165, 1.54) is 4.31 Å². The van der Waals surface area contributed by atoms with Crippen LogP contribution in [0, 0.1) is 5.41 Å². The molecule has 0 radical (unpaired) electrons. The number of benzene rings is 2. The number of carboxylic acid groups (broad SMARTS) is 1. The molecule has 0 unspecified atom stereocenters. The van der Waals surface area contributed by atoms with Crippen LogP contribution in [-0.2, 0) is 19.6 Å². The Hall–Kier alpha value is -1.90. The van der Waals surface area contributed by atoms with Crippen LogP contribution in [0.2, 0.25) is 10.0 Å². The van der Waals surface area contributed by atoms with Gasteiger partial charge in [0.2, 0.25) is 15.9 Å². The molecule has 1 amide bonds.